The van der Waals surface area contributed by atoms with E-state index in [2.05, 4.69) is 58.3 Å². The zero-order chi connectivity index (χ0) is 16.3. The third-order valence-corrected chi connectivity index (χ3v) is 4.62. The van der Waals surface area contributed by atoms with Crippen molar-refractivity contribution >= 4 is 59.4 Å². The van der Waals surface area contributed by atoms with Crippen molar-refractivity contribution in [1.82, 2.24) is 5.43 Å². The standard InChI is InChI=1S/C15H11Br3N2O2/c1-8(11-6-9(16)7-13(18)14(11)21)19-20-15(22)10-4-2-3-5-12(10)17/h2-7,21H,1H3,(H,20,22)/b19-8+. The molecule has 0 aliphatic heterocycles. The third kappa shape index (κ3) is 3.97. The lowest BCUT2D eigenvalue weighted by Crippen LogP contribution is -2.19. The summed E-state index contributed by atoms with van der Waals surface area (Å²) in [6.07, 6.45) is 0. The highest BCUT2D eigenvalue weighted by Crippen LogP contribution is 2.32. The summed E-state index contributed by atoms with van der Waals surface area (Å²) in [5.41, 5.74) is 3.97. The van der Waals surface area contributed by atoms with Gasteiger partial charge in [0.1, 0.15) is 5.75 Å². The van der Waals surface area contributed by atoms with Gasteiger partial charge in [-0.05, 0) is 63.0 Å². The topological polar surface area (TPSA) is 61.7 Å². The molecule has 4 nitrogen and oxygen atoms in total. The molecule has 0 unspecified atom stereocenters. The number of phenols is 1. The molecular formula is C15H11Br3N2O2. The van der Waals surface area contributed by atoms with Gasteiger partial charge in [0.2, 0.25) is 0 Å². The summed E-state index contributed by atoms with van der Waals surface area (Å²) in [5, 5.41) is 14.1. The Balaban J connectivity index is 2.24. The summed E-state index contributed by atoms with van der Waals surface area (Å²) in [4.78, 5) is 12.1. The Labute approximate surface area is 153 Å². The number of benzene rings is 2. The zero-order valence-electron chi connectivity index (χ0n) is 11.4. The van der Waals surface area contributed by atoms with E-state index < -0.39 is 0 Å². The highest BCUT2D eigenvalue weighted by molar-refractivity contribution is 9.11. The highest BCUT2D eigenvalue weighted by Gasteiger charge is 2.12. The smallest absolute Gasteiger partial charge is 0.272 e. The van der Waals surface area contributed by atoms with Crippen molar-refractivity contribution in [2.75, 3.05) is 0 Å². The lowest BCUT2D eigenvalue weighted by molar-refractivity contribution is 0.0954. The molecule has 0 heterocycles. The van der Waals surface area contributed by atoms with Gasteiger partial charge in [-0.25, -0.2) is 5.43 Å². The molecule has 7 heteroatoms. The summed E-state index contributed by atoms with van der Waals surface area (Å²) in [5.74, 6) is -0.264. The summed E-state index contributed by atoms with van der Waals surface area (Å²) in [6, 6.07) is 10.5. The van der Waals surface area contributed by atoms with Crippen molar-refractivity contribution in [3.63, 3.8) is 0 Å². The van der Waals surface area contributed by atoms with E-state index in [0.29, 0.717) is 25.8 Å². The van der Waals surface area contributed by atoms with Crippen LogP contribution in [0.5, 0.6) is 5.75 Å². The van der Waals surface area contributed by atoms with Gasteiger partial charge >= 0.3 is 0 Å². The van der Waals surface area contributed by atoms with Crippen LogP contribution in [0.15, 0.2) is 54.9 Å². The van der Waals surface area contributed by atoms with Crippen LogP contribution in [0.2, 0.25) is 0 Å². The first kappa shape index (κ1) is 17.2. The maximum absolute atomic E-state index is 12.1. The second-order valence-electron chi connectivity index (χ2n) is 4.40. The van der Waals surface area contributed by atoms with Crippen LogP contribution in [0.3, 0.4) is 0 Å². The van der Waals surface area contributed by atoms with Crippen LogP contribution in [0.1, 0.15) is 22.8 Å². The third-order valence-electron chi connectivity index (χ3n) is 2.86. The number of phenolic OH excluding ortho intramolecular Hbond substituents is 1. The number of amides is 1. The minimum atomic E-state index is -0.333. The van der Waals surface area contributed by atoms with Crippen molar-refractivity contribution in [1.29, 1.82) is 0 Å². The average molecular weight is 491 g/mol. The lowest BCUT2D eigenvalue weighted by atomic mass is 10.1. The predicted molar refractivity (Wildman–Crippen MR) is 97.3 cm³/mol. The summed E-state index contributed by atoms with van der Waals surface area (Å²) >= 11 is 9.93. The number of aromatic hydroxyl groups is 1. The summed E-state index contributed by atoms with van der Waals surface area (Å²) < 4.78 is 2.02. The predicted octanol–water partition coefficient (Wildman–Crippen LogP) is 4.83. The highest BCUT2D eigenvalue weighted by atomic mass is 79.9. The first-order valence-corrected chi connectivity index (χ1v) is 8.55. The van der Waals surface area contributed by atoms with Gasteiger partial charge in [0.05, 0.1) is 15.7 Å². The quantitative estimate of drug-likeness (QED) is 0.478. The van der Waals surface area contributed by atoms with E-state index in [0.717, 1.165) is 4.47 Å². The van der Waals surface area contributed by atoms with Crippen LogP contribution >= 0.6 is 47.8 Å². The summed E-state index contributed by atoms with van der Waals surface area (Å²) in [6.45, 7) is 1.70. The van der Waals surface area contributed by atoms with E-state index in [4.69, 9.17) is 0 Å². The van der Waals surface area contributed by atoms with Crippen LogP contribution in [-0.4, -0.2) is 16.7 Å². The Morgan fingerprint density at radius 2 is 1.77 bits per heavy atom. The van der Waals surface area contributed by atoms with E-state index in [-0.39, 0.29) is 11.7 Å². The van der Waals surface area contributed by atoms with Gasteiger partial charge < -0.3 is 5.11 Å². The van der Waals surface area contributed by atoms with Gasteiger partial charge in [0.25, 0.3) is 5.91 Å². The molecule has 0 saturated heterocycles. The molecule has 0 bridgehead atoms. The molecule has 1 amide bonds. The van der Waals surface area contributed by atoms with Crippen LogP contribution < -0.4 is 5.43 Å². The van der Waals surface area contributed by atoms with Gasteiger partial charge in [-0.1, -0.05) is 28.1 Å². The van der Waals surface area contributed by atoms with E-state index in [9.17, 15) is 9.90 Å². The minimum Gasteiger partial charge on any atom is -0.506 e. The molecule has 0 aliphatic carbocycles. The SMILES string of the molecule is C/C(=N\NC(=O)c1ccccc1Br)c1cc(Br)cc(Br)c1O. The molecule has 2 aromatic carbocycles. The van der Waals surface area contributed by atoms with E-state index in [1.807, 2.05) is 6.07 Å². The van der Waals surface area contributed by atoms with Gasteiger partial charge in [0.15, 0.2) is 0 Å². The molecule has 22 heavy (non-hydrogen) atoms. The van der Waals surface area contributed by atoms with Crippen molar-refractivity contribution < 1.29 is 9.90 Å². The van der Waals surface area contributed by atoms with Crippen LogP contribution in [0, 0.1) is 0 Å². The summed E-state index contributed by atoms with van der Waals surface area (Å²) in [7, 11) is 0. The molecule has 114 valence electrons. The molecule has 0 spiro atoms. The number of hydrogen-bond acceptors (Lipinski definition) is 3. The fourth-order valence-electron chi connectivity index (χ4n) is 1.74. The van der Waals surface area contributed by atoms with E-state index in [1.54, 1.807) is 37.3 Å². The van der Waals surface area contributed by atoms with Gasteiger partial charge in [-0.15, -0.1) is 0 Å². The van der Waals surface area contributed by atoms with Gasteiger partial charge in [0, 0.05) is 14.5 Å². The minimum absolute atomic E-state index is 0.0691. The van der Waals surface area contributed by atoms with Crippen molar-refractivity contribution in [3.8, 4) is 5.75 Å². The van der Waals surface area contributed by atoms with Crippen LogP contribution in [-0.2, 0) is 0 Å². The molecule has 0 aromatic heterocycles. The number of halogens is 3. The maximum atomic E-state index is 12.1. The molecule has 0 radical (unpaired) electrons. The number of hydrazone groups is 1. The number of carbonyl (C=O) groups excluding carboxylic acids is 1. The molecule has 0 aliphatic rings. The second kappa shape index (κ2) is 7.39. The lowest BCUT2D eigenvalue weighted by Gasteiger charge is -2.08. The normalized spacial score (nSPS) is 11.4. The van der Waals surface area contributed by atoms with Crippen molar-refractivity contribution in [2.45, 2.75) is 6.92 Å². The largest absolute Gasteiger partial charge is 0.506 e. The van der Waals surface area contributed by atoms with Crippen LogP contribution in [0.4, 0.5) is 0 Å². The molecule has 0 fully saturated rings. The Kier molecular flexibility index (Phi) is 5.77. The molecule has 2 aromatic rings. The van der Waals surface area contributed by atoms with E-state index in [1.165, 1.54) is 0 Å². The molecular weight excluding hydrogens is 480 g/mol. The van der Waals surface area contributed by atoms with Gasteiger partial charge in [-0.2, -0.15) is 5.10 Å². The number of carbonyl (C=O) groups is 1. The maximum Gasteiger partial charge on any atom is 0.272 e. The number of nitrogens with one attached hydrogen (secondary N) is 1. The van der Waals surface area contributed by atoms with Crippen molar-refractivity contribution in [3.05, 3.63) is 60.9 Å². The number of nitrogens with zero attached hydrogens (tertiary/aromatic N) is 1. The Morgan fingerprint density at radius 3 is 2.45 bits per heavy atom. The van der Waals surface area contributed by atoms with Gasteiger partial charge in [-0.3, -0.25) is 4.79 Å². The Bertz CT molecular complexity index is 760. The fourth-order valence-corrected chi connectivity index (χ4v) is 3.43. The number of rotatable bonds is 3. The molecule has 2 N–H and O–H groups in total. The average Bonchev–Trinajstić information content (AvgIpc) is 2.48. The monoisotopic (exact) mass is 488 g/mol. The van der Waals surface area contributed by atoms with Crippen LogP contribution in [0.25, 0.3) is 0 Å². The fraction of sp³-hybridized carbons (Fsp3) is 0.0667. The molecule has 0 atom stereocenters. The first-order valence-electron chi connectivity index (χ1n) is 6.17. The second-order valence-corrected chi connectivity index (χ2v) is 7.03. The van der Waals surface area contributed by atoms with E-state index >= 15 is 0 Å². The molecule has 0 saturated carbocycles. The zero-order valence-corrected chi connectivity index (χ0v) is 16.2. The van der Waals surface area contributed by atoms with Crippen molar-refractivity contribution in [2.24, 2.45) is 5.10 Å². The molecule has 2 rings (SSSR count). The Hall–Kier alpha value is -1.18. The number of hydrogen-bond donors (Lipinski definition) is 2. The Morgan fingerprint density at radius 1 is 1.09 bits per heavy atom. The first-order chi connectivity index (χ1) is 10.4.